The van der Waals surface area contributed by atoms with Gasteiger partial charge in [0.25, 0.3) is 0 Å². The lowest BCUT2D eigenvalue weighted by Crippen LogP contribution is -2.15. The van der Waals surface area contributed by atoms with E-state index in [4.69, 9.17) is 0 Å². The van der Waals surface area contributed by atoms with Gasteiger partial charge in [-0.05, 0) is 45.9 Å². The van der Waals surface area contributed by atoms with Crippen molar-refractivity contribution in [2.45, 2.75) is 77.6 Å². The maximum atomic E-state index is 3.47. The molecule has 0 aromatic heterocycles. The molecular weight excluding hydrogens is 220 g/mol. The molecule has 110 valence electrons. The van der Waals surface area contributed by atoms with Crippen molar-refractivity contribution in [1.29, 1.82) is 0 Å². The molecule has 0 aliphatic heterocycles. The van der Waals surface area contributed by atoms with Gasteiger partial charge < -0.3 is 10.6 Å². The van der Waals surface area contributed by atoms with Gasteiger partial charge in [0, 0.05) is 0 Å². The van der Waals surface area contributed by atoms with E-state index in [1.165, 1.54) is 90.3 Å². The third kappa shape index (κ3) is 15.9. The molecule has 0 aliphatic carbocycles. The van der Waals surface area contributed by atoms with Crippen LogP contribution in [0.2, 0.25) is 0 Å². The number of hydrogen-bond acceptors (Lipinski definition) is 2. The van der Waals surface area contributed by atoms with Crippen molar-refractivity contribution in [2.75, 3.05) is 26.7 Å². The number of hydrogen-bond donors (Lipinski definition) is 2. The smallest absolute Gasteiger partial charge is 0.00489 e. The molecule has 2 heteroatoms. The highest BCUT2D eigenvalue weighted by Gasteiger charge is 1.93. The summed E-state index contributed by atoms with van der Waals surface area (Å²) < 4.78 is 0. The van der Waals surface area contributed by atoms with Gasteiger partial charge in [-0.3, -0.25) is 0 Å². The Kier molecular flexibility index (Phi) is 16.8. The van der Waals surface area contributed by atoms with E-state index in [2.05, 4.69) is 17.6 Å². The molecule has 0 amide bonds. The first-order valence-corrected chi connectivity index (χ1v) is 8.27. The van der Waals surface area contributed by atoms with Crippen LogP contribution in [0.4, 0.5) is 0 Å². The molecule has 0 aromatic carbocycles. The van der Waals surface area contributed by atoms with Crippen molar-refractivity contribution < 1.29 is 0 Å². The van der Waals surface area contributed by atoms with E-state index in [0.29, 0.717) is 0 Å². The normalized spacial score (nSPS) is 11.0. The zero-order valence-corrected chi connectivity index (χ0v) is 12.9. The first kappa shape index (κ1) is 17.9. The maximum absolute atomic E-state index is 3.47. The molecule has 0 unspecified atom stereocenters. The second kappa shape index (κ2) is 16.9. The first-order chi connectivity index (χ1) is 8.91. The molecule has 0 saturated carbocycles. The average molecular weight is 256 g/mol. The van der Waals surface area contributed by atoms with Crippen LogP contribution in [0.25, 0.3) is 0 Å². The summed E-state index contributed by atoms with van der Waals surface area (Å²) >= 11 is 0. The molecule has 0 spiro atoms. The van der Waals surface area contributed by atoms with Crippen molar-refractivity contribution in [1.82, 2.24) is 10.6 Å². The van der Waals surface area contributed by atoms with Crippen molar-refractivity contribution in [3.05, 3.63) is 0 Å². The van der Waals surface area contributed by atoms with Gasteiger partial charge in [-0.1, -0.05) is 58.3 Å². The minimum atomic E-state index is 1.19. The molecule has 0 saturated heterocycles. The molecular formula is C16H36N2. The summed E-state index contributed by atoms with van der Waals surface area (Å²) in [6.07, 6.45) is 15.5. The van der Waals surface area contributed by atoms with Gasteiger partial charge in [0.15, 0.2) is 0 Å². The first-order valence-electron chi connectivity index (χ1n) is 8.27. The summed E-state index contributed by atoms with van der Waals surface area (Å²) in [6.45, 7) is 5.82. The SMILES string of the molecule is CCCNCCCCCCCCCCCCNC. The summed E-state index contributed by atoms with van der Waals surface area (Å²) in [7, 11) is 2.04. The third-order valence-corrected chi connectivity index (χ3v) is 3.46. The van der Waals surface area contributed by atoms with Crippen molar-refractivity contribution in [2.24, 2.45) is 0 Å². The Balaban J connectivity index is 2.86. The predicted molar refractivity (Wildman–Crippen MR) is 83.3 cm³/mol. The van der Waals surface area contributed by atoms with Crippen molar-refractivity contribution in [3.8, 4) is 0 Å². The fourth-order valence-electron chi connectivity index (χ4n) is 2.27. The van der Waals surface area contributed by atoms with E-state index in [9.17, 15) is 0 Å². The fraction of sp³-hybridized carbons (Fsp3) is 1.00. The van der Waals surface area contributed by atoms with Gasteiger partial charge in [-0.25, -0.2) is 0 Å². The second-order valence-electron chi connectivity index (χ2n) is 5.39. The summed E-state index contributed by atoms with van der Waals surface area (Å²) in [5, 5.41) is 6.67. The Morgan fingerprint density at radius 3 is 1.44 bits per heavy atom. The summed E-state index contributed by atoms with van der Waals surface area (Å²) in [5.74, 6) is 0. The highest BCUT2D eigenvalue weighted by molar-refractivity contribution is 4.50. The van der Waals surface area contributed by atoms with E-state index in [1.807, 2.05) is 7.05 Å². The second-order valence-corrected chi connectivity index (χ2v) is 5.39. The van der Waals surface area contributed by atoms with E-state index >= 15 is 0 Å². The molecule has 0 radical (unpaired) electrons. The highest BCUT2D eigenvalue weighted by Crippen LogP contribution is 2.10. The van der Waals surface area contributed by atoms with Gasteiger partial charge >= 0.3 is 0 Å². The molecule has 0 rings (SSSR count). The van der Waals surface area contributed by atoms with Crippen LogP contribution < -0.4 is 10.6 Å². The van der Waals surface area contributed by atoms with Crippen LogP contribution in [0.5, 0.6) is 0 Å². The van der Waals surface area contributed by atoms with Crippen LogP contribution in [-0.2, 0) is 0 Å². The topological polar surface area (TPSA) is 24.1 Å². The number of unbranched alkanes of at least 4 members (excludes halogenated alkanes) is 9. The lowest BCUT2D eigenvalue weighted by Gasteiger charge is -2.04. The summed E-state index contributed by atoms with van der Waals surface area (Å²) in [6, 6.07) is 0. The fourth-order valence-corrected chi connectivity index (χ4v) is 2.27. The predicted octanol–water partition coefficient (Wildman–Crippen LogP) is 4.11. The van der Waals surface area contributed by atoms with Gasteiger partial charge in [-0.2, -0.15) is 0 Å². The minimum absolute atomic E-state index is 1.19. The van der Waals surface area contributed by atoms with Gasteiger partial charge in [0.2, 0.25) is 0 Å². The van der Waals surface area contributed by atoms with Crippen LogP contribution in [0.15, 0.2) is 0 Å². The minimum Gasteiger partial charge on any atom is -0.320 e. The molecule has 2 nitrogen and oxygen atoms in total. The summed E-state index contributed by atoms with van der Waals surface area (Å²) in [4.78, 5) is 0. The average Bonchev–Trinajstić information content (AvgIpc) is 2.39. The molecule has 0 atom stereocenters. The lowest BCUT2D eigenvalue weighted by molar-refractivity contribution is 0.537. The van der Waals surface area contributed by atoms with Crippen LogP contribution in [0.3, 0.4) is 0 Å². The van der Waals surface area contributed by atoms with Crippen LogP contribution in [0, 0.1) is 0 Å². The van der Waals surface area contributed by atoms with Crippen molar-refractivity contribution in [3.63, 3.8) is 0 Å². The molecule has 2 N–H and O–H groups in total. The number of rotatable bonds is 15. The molecule has 0 bridgehead atoms. The molecule has 0 heterocycles. The standard InChI is InChI=1S/C16H36N2/c1-3-14-18-16-13-11-9-7-5-4-6-8-10-12-15-17-2/h17-18H,3-16H2,1-2H3. The Hall–Kier alpha value is -0.0800. The van der Waals surface area contributed by atoms with E-state index in [1.54, 1.807) is 0 Å². The van der Waals surface area contributed by atoms with Gasteiger partial charge in [0.05, 0.1) is 0 Å². The maximum Gasteiger partial charge on any atom is -0.00489 e. The van der Waals surface area contributed by atoms with Crippen molar-refractivity contribution >= 4 is 0 Å². The van der Waals surface area contributed by atoms with E-state index in [0.717, 1.165) is 0 Å². The zero-order chi connectivity index (χ0) is 13.3. The Bertz CT molecular complexity index is 121. The quantitative estimate of drug-likeness (QED) is 0.431. The lowest BCUT2D eigenvalue weighted by atomic mass is 10.1. The third-order valence-electron chi connectivity index (χ3n) is 3.46. The van der Waals surface area contributed by atoms with Gasteiger partial charge in [-0.15, -0.1) is 0 Å². The highest BCUT2D eigenvalue weighted by atomic mass is 14.8. The van der Waals surface area contributed by atoms with Crippen LogP contribution in [-0.4, -0.2) is 26.7 Å². The van der Waals surface area contributed by atoms with Crippen LogP contribution in [0.1, 0.15) is 77.6 Å². The monoisotopic (exact) mass is 256 g/mol. The Labute approximate surface area is 115 Å². The molecule has 0 aliphatic rings. The molecule has 0 aromatic rings. The largest absolute Gasteiger partial charge is 0.320 e. The Morgan fingerprint density at radius 1 is 0.556 bits per heavy atom. The molecule has 0 fully saturated rings. The van der Waals surface area contributed by atoms with Gasteiger partial charge in [0.1, 0.15) is 0 Å². The number of nitrogens with one attached hydrogen (secondary N) is 2. The Morgan fingerprint density at radius 2 is 1.00 bits per heavy atom. The molecule has 18 heavy (non-hydrogen) atoms. The van der Waals surface area contributed by atoms with E-state index < -0.39 is 0 Å². The van der Waals surface area contributed by atoms with E-state index in [-0.39, 0.29) is 0 Å². The zero-order valence-electron chi connectivity index (χ0n) is 12.9. The van der Waals surface area contributed by atoms with Crippen LogP contribution >= 0.6 is 0 Å². The summed E-state index contributed by atoms with van der Waals surface area (Å²) in [5.41, 5.74) is 0.